The van der Waals surface area contributed by atoms with E-state index in [2.05, 4.69) is 32.9 Å². The van der Waals surface area contributed by atoms with Gasteiger partial charge < -0.3 is 18.9 Å². The average molecular weight is 569 g/mol. The van der Waals surface area contributed by atoms with Crippen LogP contribution in [-0.4, -0.2) is 25.4 Å². The third kappa shape index (κ3) is 9.44. The summed E-state index contributed by atoms with van der Waals surface area (Å²) in [6.07, 6.45) is 13.2. The Labute approximate surface area is 248 Å². The van der Waals surface area contributed by atoms with E-state index in [0.717, 1.165) is 42.6 Å². The molecule has 0 bridgehead atoms. The summed E-state index contributed by atoms with van der Waals surface area (Å²) in [6.45, 7) is 12.1. The van der Waals surface area contributed by atoms with Crippen LogP contribution in [0.1, 0.15) is 128 Å². The lowest BCUT2D eigenvalue weighted by atomic mass is 9.84. The van der Waals surface area contributed by atoms with Gasteiger partial charge in [0.2, 0.25) is 0 Å². The maximum absolute atomic E-state index is 14.6. The van der Waals surface area contributed by atoms with E-state index in [1.165, 1.54) is 44.1 Å². The van der Waals surface area contributed by atoms with Gasteiger partial charge in [-0.2, -0.15) is 0 Å². The molecule has 41 heavy (non-hydrogen) atoms. The summed E-state index contributed by atoms with van der Waals surface area (Å²) in [5.74, 6) is 1.59. The third-order valence-corrected chi connectivity index (χ3v) is 8.88. The topological polar surface area (TPSA) is 36.9 Å². The molecule has 2 fully saturated rings. The fraction of sp³-hybridized carbons (Fsp3) is 0.667. The Morgan fingerprint density at radius 2 is 1.17 bits per heavy atom. The number of hydrogen-bond donors (Lipinski definition) is 0. The van der Waals surface area contributed by atoms with Gasteiger partial charge in [-0.25, -0.2) is 4.39 Å². The highest BCUT2D eigenvalue weighted by Crippen LogP contribution is 2.35. The van der Waals surface area contributed by atoms with Crippen LogP contribution in [0.2, 0.25) is 0 Å². The van der Waals surface area contributed by atoms with Crippen molar-refractivity contribution in [3.05, 3.63) is 58.7 Å². The lowest BCUT2D eigenvalue weighted by Crippen LogP contribution is -2.20. The van der Waals surface area contributed by atoms with E-state index in [1.807, 2.05) is 31.2 Å². The maximum atomic E-state index is 14.6. The van der Waals surface area contributed by atoms with Crippen LogP contribution < -0.4 is 9.47 Å². The molecule has 0 radical (unpaired) electrons. The molecule has 4 nitrogen and oxygen atoms in total. The first-order valence-electron chi connectivity index (χ1n) is 16.1. The van der Waals surface area contributed by atoms with Crippen LogP contribution in [0.4, 0.5) is 4.39 Å². The molecule has 0 amide bonds. The van der Waals surface area contributed by atoms with Gasteiger partial charge in [0.25, 0.3) is 0 Å². The van der Waals surface area contributed by atoms with E-state index in [4.69, 9.17) is 18.9 Å². The van der Waals surface area contributed by atoms with Crippen LogP contribution in [0.25, 0.3) is 0 Å². The molecule has 2 saturated carbocycles. The molecule has 2 aromatic rings. The average Bonchev–Trinajstić information content (AvgIpc) is 2.98. The maximum Gasteiger partial charge on any atom is 0.133 e. The quantitative estimate of drug-likeness (QED) is 0.225. The predicted molar refractivity (Wildman–Crippen MR) is 165 cm³/mol. The molecular weight excluding hydrogens is 515 g/mol. The molecule has 2 aliphatic rings. The van der Waals surface area contributed by atoms with E-state index < -0.39 is 5.67 Å². The first kappa shape index (κ1) is 31.8. The van der Waals surface area contributed by atoms with Crippen LogP contribution in [-0.2, 0) is 33.8 Å². The normalized spacial score (nSPS) is 18.7. The van der Waals surface area contributed by atoms with Crippen molar-refractivity contribution in [2.24, 2.45) is 0 Å². The molecular formula is C36H53FO4. The molecule has 0 saturated heterocycles. The highest BCUT2D eigenvalue weighted by atomic mass is 19.1. The standard InChI is InChI=1S/C36H53FO4/c1-6-36(5,37)29-17-19-33(20-18-29)38-21-22-39-34-27(25-40-31-13-9-7-10-14-31)23-30(35(2,3)4)24-28(34)26-41-32-15-11-8-12-16-32/h17-20,23-24,31-32H,6-16,21-22,25-26H2,1-5H3. The molecule has 0 heterocycles. The van der Waals surface area contributed by atoms with Gasteiger partial charge in [-0.1, -0.05) is 78.4 Å². The largest absolute Gasteiger partial charge is 0.490 e. The molecule has 4 rings (SSSR count). The minimum atomic E-state index is -1.33. The van der Waals surface area contributed by atoms with Gasteiger partial charge in [0.1, 0.15) is 30.4 Å². The van der Waals surface area contributed by atoms with Crippen LogP contribution in [0.3, 0.4) is 0 Å². The molecule has 0 aromatic heterocycles. The van der Waals surface area contributed by atoms with Gasteiger partial charge in [0, 0.05) is 11.1 Å². The molecule has 0 aliphatic heterocycles. The summed E-state index contributed by atoms with van der Waals surface area (Å²) >= 11 is 0. The SMILES string of the molecule is CCC(C)(F)c1ccc(OCCOc2c(COC3CCCCC3)cc(C(C)(C)C)cc2COC2CCCCC2)cc1. The van der Waals surface area contributed by atoms with Crippen LogP contribution in [0.15, 0.2) is 36.4 Å². The Morgan fingerprint density at radius 1 is 0.683 bits per heavy atom. The lowest BCUT2D eigenvalue weighted by molar-refractivity contribution is 0.0120. The van der Waals surface area contributed by atoms with Crippen molar-refractivity contribution in [1.29, 1.82) is 0 Å². The van der Waals surface area contributed by atoms with Crippen LogP contribution in [0.5, 0.6) is 11.5 Å². The van der Waals surface area contributed by atoms with Crippen molar-refractivity contribution in [1.82, 2.24) is 0 Å². The van der Waals surface area contributed by atoms with Crippen molar-refractivity contribution in [2.75, 3.05) is 13.2 Å². The molecule has 0 spiro atoms. The fourth-order valence-corrected chi connectivity index (χ4v) is 5.87. The minimum Gasteiger partial charge on any atom is -0.490 e. The highest BCUT2D eigenvalue weighted by molar-refractivity contribution is 5.46. The molecule has 228 valence electrons. The van der Waals surface area contributed by atoms with Crippen molar-refractivity contribution in [3.8, 4) is 11.5 Å². The number of halogens is 1. The Kier molecular flexibility index (Phi) is 11.5. The number of ether oxygens (including phenoxy) is 4. The first-order chi connectivity index (χ1) is 19.7. The molecule has 1 unspecified atom stereocenters. The van der Waals surface area contributed by atoms with E-state index >= 15 is 0 Å². The van der Waals surface area contributed by atoms with Gasteiger partial charge in [-0.15, -0.1) is 0 Å². The van der Waals surface area contributed by atoms with Crippen LogP contribution in [0, 0.1) is 0 Å². The van der Waals surface area contributed by atoms with Gasteiger partial charge in [0.05, 0.1) is 25.4 Å². The zero-order chi connectivity index (χ0) is 29.3. The zero-order valence-electron chi connectivity index (χ0n) is 26.2. The van der Waals surface area contributed by atoms with Gasteiger partial charge in [-0.05, 0) is 79.8 Å². The smallest absolute Gasteiger partial charge is 0.133 e. The predicted octanol–water partition coefficient (Wildman–Crippen LogP) is 9.74. The Bertz CT molecular complexity index is 1020. The second-order valence-corrected chi connectivity index (χ2v) is 13.3. The molecule has 5 heteroatoms. The number of alkyl halides is 1. The van der Waals surface area contributed by atoms with E-state index in [0.29, 0.717) is 56.4 Å². The molecule has 1 atom stereocenters. The summed E-state index contributed by atoms with van der Waals surface area (Å²) in [6, 6.07) is 11.8. The van der Waals surface area contributed by atoms with E-state index in [9.17, 15) is 4.39 Å². The Morgan fingerprint density at radius 3 is 1.63 bits per heavy atom. The van der Waals surface area contributed by atoms with Crippen molar-refractivity contribution in [3.63, 3.8) is 0 Å². The third-order valence-electron chi connectivity index (χ3n) is 8.88. The zero-order valence-corrected chi connectivity index (χ0v) is 26.2. The summed E-state index contributed by atoms with van der Waals surface area (Å²) in [5.41, 5.74) is 2.81. The highest BCUT2D eigenvalue weighted by Gasteiger charge is 2.24. The molecule has 2 aromatic carbocycles. The molecule has 2 aliphatic carbocycles. The van der Waals surface area contributed by atoms with Crippen molar-refractivity contribution >= 4 is 0 Å². The van der Waals surface area contributed by atoms with Crippen molar-refractivity contribution in [2.45, 2.75) is 142 Å². The van der Waals surface area contributed by atoms with Crippen LogP contribution >= 0.6 is 0 Å². The van der Waals surface area contributed by atoms with E-state index in [1.54, 1.807) is 6.92 Å². The Balaban J connectivity index is 1.48. The number of rotatable bonds is 13. The number of hydrogen-bond acceptors (Lipinski definition) is 4. The lowest BCUT2D eigenvalue weighted by Gasteiger charge is -2.27. The summed E-state index contributed by atoms with van der Waals surface area (Å²) in [5, 5.41) is 0. The van der Waals surface area contributed by atoms with Gasteiger partial charge in [0.15, 0.2) is 0 Å². The molecule has 0 N–H and O–H groups in total. The summed E-state index contributed by atoms with van der Waals surface area (Å²) < 4.78 is 40.0. The minimum absolute atomic E-state index is 0.000439. The van der Waals surface area contributed by atoms with E-state index in [-0.39, 0.29) is 5.41 Å². The number of benzene rings is 2. The van der Waals surface area contributed by atoms with Crippen molar-refractivity contribution < 1.29 is 23.3 Å². The Hall–Kier alpha value is -2.11. The second kappa shape index (κ2) is 14.9. The van der Waals surface area contributed by atoms with Gasteiger partial charge >= 0.3 is 0 Å². The second-order valence-electron chi connectivity index (χ2n) is 13.3. The van der Waals surface area contributed by atoms with Gasteiger partial charge in [-0.3, -0.25) is 0 Å². The summed E-state index contributed by atoms with van der Waals surface area (Å²) in [4.78, 5) is 0. The summed E-state index contributed by atoms with van der Waals surface area (Å²) in [7, 11) is 0. The fourth-order valence-electron chi connectivity index (χ4n) is 5.87. The monoisotopic (exact) mass is 568 g/mol. The first-order valence-corrected chi connectivity index (χ1v) is 16.1.